The minimum absolute atomic E-state index is 0.0493. The summed E-state index contributed by atoms with van der Waals surface area (Å²) in [6, 6.07) is 8.51. The van der Waals surface area contributed by atoms with E-state index in [9.17, 15) is 24.1 Å². The van der Waals surface area contributed by atoms with Gasteiger partial charge in [0.2, 0.25) is 0 Å². The van der Waals surface area contributed by atoms with E-state index in [1.54, 1.807) is 0 Å². The number of esters is 1. The molecular weight excluding hydrogens is 373 g/mol. The molecule has 118 valence electrons. The standard InChI is InChI=1S/C15H9BrFNO5/c16-12-6-3-10(7-13(12)18(21)22)15(20)23-8-14(19)9-1-4-11(17)5-2-9/h1-7H,8H2. The van der Waals surface area contributed by atoms with Crippen LogP contribution in [0.15, 0.2) is 46.9 Å². The quantitative estimate of drug-likeness (QED) is 0.342. The zero-order valence-electron chi connectivity index (χ0n) is 11.5. The second kappa shape index (κ2) is 7.10. The second-order valence-corrected chi connectivity index (χ2v) is 5.28. The van der Waals surface area contributed by atoms with E-state index in [0.717, 1.165) is 18.2 Å². The number of hydrogen-bond acceptors (Lipinski definition) is 5. The van der Waals surface area contributed by atoms with Gasteiger partial charge in [0.25, 0.3) is 5.69 Å². The lowest BCUT2D eigenvalue weighted by molar-refractivity contribution is -0.385. The molecule has 0 aliphatic rings. The zero-order valence-corrected chi connectivity index (χ0v) is 13.1. The van der Waals surface area contributed by atoms with Crippen molar-refractivity contribution in [3.8, 4) is 0 Å². The van der Waals surface area contributed by atoms with E-state index in [4.69, 9.17) is 4.74 Å². The smallest absolute Gasteiger partial charge is 0.338 e. The molecule has 0 saturated carbocycles. The van der Waals surface area contributed by atoms with Crippen LogP contribution in [0.4, 0.5) is 10.1 Å². The first-order valence-electron chi connectivity index (χ1n) is 6.28. The number of ether oxygens (including phenoxy) is 1. The molecular formula is C15H9BrFNO5. The van der Waals surface area contributed by atoms with Gasteiger partial charge in [-0.15, -0.1) is 0 Å². The third-order valence-corrected chi connectivity index (χ3v) is 3.55. The minimum atomic E-state index is -0.865. The molecule has 2 aromatic rings. The van der Waals surface area contributed by atoms with Crippen molar-refractivity contribution < 1.29 is 23.6 Å². The highest BCUT2D eigenvalue weighted by atomic mass is 79.9. The Bertz CT molecular complexity index is 776. The highest BCUT2D eigenvalue weighted by Crippen LogP contribution is 2.25. The van der Waals surface area contributed by atoms with Crippen molar-refractivity contribution in [3.63, 3.8) is 0 Å². The van der Waals surface area contributed by atoms with Gasteiger partial charge in [-0.25, -0.2) is 9.18 Å². The van der Waals surface area contributed by atoms with Crippen LogP contribution in [-0.2, 0) is 4.74 Å². The van der Waals surface area contributed by atoms with Crippen LogP contribution in [0.5, 0.6) is 0 Å². The van der Waals surface area contributed by atoms with Gasteiger partial charge in [-0.2, -0.15) is 0 Å². The Morgan fingerprint density at radius 1 is 1.13 bits per heavy atom. The monoisotopic (exact) mass is 381 g/mol. The van der Waals surface area contributed by atoms with Crippen LogP contribution < -0.4 is 0 Å². The first-order chi connectivity index (χ1) is 10.9. The molecule has 0 amide bonds. The van der Waals surface area contributed by atoms with Crippen molar-refractivity contribution in [1.29, 1.82) is 0 Å². The molecule has 0 aliphatic heterocycles. The van der Waals surface area contributed by atoms with Crippen molar-refractivity contribution >= 4 is 33.4 Å². The Hall–Kier alpha value is -2.61. The molecule has 2 aromatic carbocycles. The summed E-state index contributed by atoms with van der Waals surface area (Å²) < 4.78 is 17.8. The Balaban J connectivity index is 2.05. The predicted molar refractivity (Wildman–Crippen MR) is 81.8 cm³/mol. The highest BCUT2D eigenvalue weighted by molar-refractivity contribution is 9.10. The molecule has 2 rings (SSSR count). The summed E-state index contributed by atoms with van der Waals surface area (Å²) in [5.41, 5.74) is -0.142. The molecule has 0 unspecified atom stereocenters. The Morgan fingerprint density at radius 3 is 2.35 bits per heavy atom. The third kappa shape index (κ3) is 4.19. The van der Waals surface area contributed by atoms with E-state index in [1.807, 2.05) is 0 Å². The van der Waals surface area contributed by atoms with E-state index in [2.05, 4.69) is 15.9 Å². The summed E-state index contributed by atoms with van der Waals surface area (Å²) in [5, 5.41) is 10.8. The number of Topliss-reactive ketones (excluding diaryl/α,β-unsaturated/α-hetero) is 1. The molecule has 0 saturated heterocycles. The number of ketones is 1. The molecule has 23 heavy (non-hydrogen) atoms. The van der Waals surface area contributed by atoms with Crippen LogP contribution in [0.2, 0.25) is 0 Å². The lowest BCUT2D eigenvalue weighted by Crippen LogP contribution is -2.14. The molecule has 6 nitrogen and oxygen atoms in total. The number of nitro benzene ring substituents is 1. The summed E-state index contributed by atoms with van der Waals surface area (Å²) >= 11 is 3.00. The maximum Gasteiger partial charge on any atom is 0.338 e. The fourth-order valence-corrected chi connectivity index (χ4v) is 2.10. The molecule has 0 fully saturated rings. The number of nitrogens with zero attached hydrogens (tertiary/aromatic N) is 1. The van der Waals surface area contributed by atoms with Gasteiger partial charge >= 0.3 is 5.97 Å². The van der Waals surface area contributed by atoms with E-state index in [1.165, 1.54) is 24.3 Å². The van der Waals surface area contributed by atoms with Crippen LogP contribution in [0.25, 0.3) is 0 Å². The van der Waals surface area contributed by atoms with Gasteiger partial charge in [0.1, 0.15) is 5.82 Å². The molecule has 0 N–H and O–H groups in total. The first-order valence-corrected chi connectivity index (χ1v) is 7.07. The molecule has 0 radical (unpaired) electrons. The van der Waals surface area contributed by atoms with Gasteiger partial charge in [0.05, 0.1) is 15.0 Å². The van der Waals surface area contributed by atoms with Crippen LogP contribution in [0.1, 0.15) is 20.7 Å². The summed E-state index contributed by atoms with van der Waals surface area (Å²) in [4.78, 5) is 33.8. The van der Waals surface area contributed by atoms with Crippen molar-refractivity contribution in [1.82, 2.24) is 0 Å². The maximum atomic E-state index is 12.8. The largest absolute Gasteiger partial charge is 0.454 e. The van der Waals surface area contributed by atoms with Crippen LogP contribution in [0.3, 0.4) is 0 Å². The fourth-order valence-electron chi connectivity index (χ4n) is 1.71. The SMILES string of the molecule is O=C(COC(=O)c1ccc(Br)c([N+](=O)[O-])c1)c1ccc(F)cc1. The van der Waals surface area contributed by atoms with Crippen molar-refractivity contribution in [2.45, 2.75) is 0 Å². The van der Waals surface area contributed by atoms with E-state index in [-0.39, 0.29) is 21.3 Å². The number of benzene rings is 2. The van der Waals surface area contributed by atoms with Gasteiger partial charge in [0.15, 0.2) is 12.4 Å². The number of carbonyl (C=O) groups is 2. The number of halogens is 2. The first kappa shape index (κ1) is 16.8. The zero-order chi connectivity index (χ0) is 17.0. The third-order valence-electron chi connectivity index (χ3n) is 2.88. The molecule has 0 spiro atoms. The van der Waals surface area contributed by atoms with Crippen LogP contribution in [-0.4, -0.2) is 23.3 Å². The van der Waals surface area contributed by atoms with E-state index in [0.29, 0.717) is 0 Å². The number of hydrogen-bond donors (Lipinski definition) is 0. The lowest BCUT2D eigenvalue weighted by atomic mass is 10.1. The van der Waals surface area contributed by atoms with Gasteiger partial charge in [-0.3, -0.25) is 14.9 Å². The average Bonchev–Trinajstić information content (AvgIpc) is 2.53. The van der Waals surface area contributed by atoms with Crippen molar-refractivity contribution in [2.24, 2.45) is 0 Å². The summed E-state index contributed by atoms with van der Waals surface area (Å²) in [6.07, 6.45) is 0. The molecule has 0 aromatic heterocycles. The topological polar surface area (TPSA) is 86.5 Å². The van der Waals surface area contributed by atoms with Gasteiger partial charge in [-0.05, 0) is 52.3 Å². The second-order valence-electron chi connectivity index (χ2n) is 4.43. The summed E-state index contributed by atoms with van der Waals surface area (Å²) in [7, 11) is 0. The normalized spacial score (nSPS) is 10.2. The highest BCUT2D eigenvalue weighted by Gasteiger charge is 2.18. The minimum Gasteiger partial charge on any atom is -0.454 e. The number of carbonyl (C=O) groups excluding carboxylic acids is 2. The Kier molecular flexibility index (Phi) is 5.17. The van der Waals surface area contributed by atoms with Gasteiger partial charge in [0, 0.05) is 11.6 Å². The lowest BCUT2D eigenvalue weighted by Gasteiger charge is -2.05. The number of rotatable bonds is 5. The Labute approximate surface area is 138 Å². The number of nitro groups is 1. The van der Waals surface area contributed by atoms with Gasteiger partial charge < -0.3 is 4.74 Å². The van der Waals surface area contributed by atoms with E-state index >= 15 is 0 Å². The molecule has 0 bridgehead atoms. The Morgan fingerprint density at radius 2 is 1.74 bits per heavy atom. The van der Waals surface area contributed by atoms with E-state index < -0.39 is 29.1 Å². The molecule has 0 heterocycles. The van der Waals surface area contributed by atoms with Crippen LogP contribution >= 0.6 is 15.9 Å². The van der Waals surface area contributed by atoms with Crippen molar-refractivity contribution in [2.75, 3.05) is 6.61 Å². The van der Waals surface area contributed by atoms with Crippen molar-refractivity contribution in [3.05, 3.63) is 74.0 Å². The van der Waals surface area contributed by atoms with Gasteiger partial charge in [-0.1, -0.05) is 0 Å². The average molecular weight is 382 g/mol. The summed E-state index contributed by atoms with van der Waals surface area (Å²) in [6.45, 7) is -0.547. The maximum absolute atomic E-state index is 12.8. The van der Waals surface area contributed by atoms with Crippen LogP contribution in [0, 0.1) is 15.9 Å². The molecule has 0 aliphatic carbocycles. The fraction of sp³-hybridized carbons (Fsp3) is 0.0667. The molecule has 0 atom stereocenters. The molecule has 8 heteroatoms. The predicted octanol–water partition coefficient (Wildman–Crippen LogP) is 3.54. The summed E-state index contributed by atoms with van der Waals surface area (Å²) in [5.74, 6) is -1.86.